The average molecular weight is 476 g/mol. The molecule has 0 unspecified atom stereocenters. The van der Waals surface area contributed by atoms with E-state index in [1.54, 1.807) is 27.4 Å². The summed E-state index contributed by atoms with van der Waals surface area (Å²) in [7, 11) is -3.50. The normalized spacial score (nSPS) is 16.1. The maximum atomic E-state index is 13.1. The highest BCUT2D eigenvalue weighted by Crippen LogP contribution is 2.22. The van der Waals surface area contributed by atoms with Gasteiger partial charge in [0.1, 0.15) is 0 Å². The fraction of sp³-hybridized carbons (Fsp3) is 0.455. The van der Waals surface area contributed by atoms with E-state index in [4.69, 9.17) is 16.6 Å². The third kappa shape index (κ3) is 4.45. The summed E-state index contributed by atoms with van der Waals surface area (Å²) in [5.41, 5.74) is 1.13. The van der Waals surface area contributed by atoms with E-state index in [9.17, 15) is 8.42 Å². The van der Waals surface area contributed by atoms with Gasteiger partial charge in [0.2, 0.25) is 10.0 Å². The minimum absolute atomic E-state index is 0.349. The van der Waals surface area contributed by atoms with Gasteiger partial charge in [0, 0.05) is 32.7 Å². The van der Waals surface area contributed by atoms with Crippen LogP contribution in [0.4, 0.5) is 0 Å². The van der Waals surface area contributed by atoms with Crippen LogP contribution in [0.2, 0.25) is 0 Å². The third-order valence-corrected chi connectivity index (χ3v) is 8.17. The van der Waals surface area contributed by atoms with Crippen molar-refractivity contribution < 1.29 is 12.8 Å². The molecule has 0 aliphatic carbocycles. The molecular weight excluding hydrogens is 446 g/mol. The van der Waals surface area contributed by atoms with E-state index in [1.807, 2.05) is 35.8 Å². The highest BCUT2D eigenvalue weighted by molar-refractivity contribution is 7.89. The van der Waals surface area contributed by atoms with Gasteiger partial charge in [-0.3, -0.25) is 9.47 Å². The molecule has 4 rings (SSSR count). The van der Waals surface area contributed by atoms with Crippen molar-refractivity contribution in [3.05, 3.63) is 53.0 Å². The van der Waals surface area contributed by atoms with Crippen LogP contribution in [0.3, 0.4) is 0 Å². The largest absolute Gasteiger partial charge is 0.461 e. The van der Waals surface area contributed by atoms with Crippen LogP contribution in [0.15, 0.2) is 52.0 Å². The highest BCUT2D eigenvalue weighted by atomic mass is 32.2. The summed E-state index contributed by atoms with van der Waals surface area (Å²) in [5.74, 6) is 1.75. The van der Waals surface area contributed by atoms with Crippen LogP contribution >= 0.6 is 12.2 Å². The molecule has 32 heavy (non-hydrogen) atoms. The number of aromatic nitrogens is 3. The van der Waals surface area contributed by atoms with Gasteiger partial charge in [-0.2, -0.15) is 4.31 Å². The lowest BCUT2D eigenvalue weighted by Crippen LogP contribution is -2.48. The van der Waals surface area contributed by atoms with Gasteiger partial charge < -0.3 is 4.42 Å². The van der Waals surface area contributed by atoms with Crippen molar-refractivity contribution in [1.29, 1.82) is 0 Å². The Morgan fingerprint density at radius 2 is 1.78 bits per heavy atom. The van der Waals surface area contributed by atoms with Gasteiger partial charge in [-0.25, -0.2) is 13.1 Å². The summed E-state index contributed by atoms with van der Waals surface area (Å²) in [6, 6.07) is 10.9. The fourth-order valence-corrected chi connectivity index (χ4v) is 5.62. The molecule has 10 heteroatoms. The van der Waals surface area contributed by atoms with Crippen LogP contribution in [0.1, 0.15) is 32.3 Å². The number of rotatable bonds is 7. The zero-order valence-corrected chi connectivity index (χ0v) is 20.3. The first-order valence-corrected chi connectivity index (χ1v) is 12.7. The quantitative estimate of drug-likeness (QED) is 0.484. The maximum Gasteiger partial charge on any atom is 0.243 e. The summed E-state index contributed by atoms with van der Waals surface area (Å²) >= 11 is 5.62. The molecule has 8 nitrogen and oxygen atoms in total. The van der Waals surface area contributed by atoms with Crippen LogP contribution in [-0.2, 0) is 23.2 Å². The summed E-state index contributed by atoms with van der Waals surface area (Å²) in [4.78, 5) is 2.52. The van der Waals surface area contributed by atoms with Gasteiger partial charge in [-0.05, 0) is 54.9 Å². The lowest BCUT2D eigenvalue weighted by Gasteiger charge is -2.33. The van der Waals surface area contributed by atoms with Crippen molar-refractivity contribution in [2.45, 2.75) is 44.8 Å². The minimum atomic E-state index is -3.50. The molecule has 0 amide bonds. The molecule has 1 aliphatic rings. The maximum absolute atomic E-state index is 13.1. The molecule has 1 aromatic carbocycles. The Morgan fingerprint density at radius 1 is 1.09 bits per heavy atom. The van der Waals surface area contributed by atoms with Crippen molar-refractivity contribution >= 4 is 22.2 Å². The molecule has 0 spiro atoms. The van der Waals surface area contributed by atoms with Crippen molar-refractivity contribution in [1.82, 2.24) is 23.6 Å². The molecule has 172 valence electrons. The van der Waals surface area contributed by atoms with Crippen molar-refractivity contribution in [3.8, 4) is 11.6 Å². The van der Waals surface area contributed by atoms with E-state index < -0.39 is 10.0 Å². The predicted octanol–water partition coefficient (Wildman–Crippen LogP) is 3.78. The lowest BCUT2D eigenvalue weighted by atomic mass is 10.0. The summed E-state index contributed by atoms with van der Waals surface area (Å²) < 4.78 is 37.5. The second-order valence-corrected chi connectivity index (χ2v) is 10.5. The van der Waals surface area contributed by atoms with Gasteiger partial charge in [0.25, 0.3) is 0 Å². The standard InChI is InChI=1S/C22H29N5O3S2/c1-4-26-21(20-6-5-15-30-20)23-27(22(26)31)16-24-11-13-25(14-12-24)32(28,29)19-9-7-18(8-10-19)17(2)3/h5-10,15,17H,4,11-14,16H2,1-3H3. The molecule has 0 radical (unpaired) electrons. The van der Waals surface area contributed by atoms with E-state index in [0.717, 1.165) is 5.56 Å². The number of benzene rings is 1. The Balaban J connectivity index is 1.44. The van der Waals surface area contributed by atoms with E-state index >= 15 is 0 Å². The Labute approximate surface area is 194 Å². The van der Waals surface area contributed by atoms with E-state index in [-0.39, 0.29) is 0 Å². The molecule has 1 fully saturated rings. The van der Waals surface area contributed by atoms with Gasteiger partial charge in [0.15, 0.2) is 16.4 Å². The van der Waals surface area contributed by atoms with Gasteiger partial charge >= 0.3 is 0 Å². The number of furan rings is 1. The molecule has 0 N–H and O–H groups in total. The zero-order valence-electron chi connectivity index (χ0n) is 18.6. The van der Waals surface area contributed by atoms with Gasteiger partial charge in [-0.1, -0.05) is 26.0 Å². The van der Waals surface area contributed by atoms with Crippen LogP contribution in [0, 0.1) is 4.77 Å². The second kappa shape index (κ2) is 9.30. The molecule has 0 bridgehead atoms. The Kier molecular flexibility index (Phi) is 6.66. The van der Waals surface area contributed by atoms with Crippen LogP contribution in [-0.4, -0.2) is 58.1 Å². The van der Waals surface area contributed by atoms with Gasteiger partial charge in [0.05, 0.1) is 17.8 Å². The Bertz CT molecular complexity index is 1200. The Morgan fingerprint density at radius 3 is 2.34 bits per heavy atom. The van der Waals surface area contributed by atoms with Crippen LogP contribution in [0.25, 0.3) is 11.6 Å². The first-order chi connectivity index (χ1) is 15.3. The molecule has 2 aromatic heterocycles. The van der Waals surface area contributed by atoms with E-state index in [0.29, 0.717) is 66.6 Å². The third-order valence-electron chi connectivity index (χ3n) is 5.83. The summed E-state index contributed by atoms with van der Waals surface area (Å²) in [5, 5.41) is 4.66. The molecule has 0 saturated carbocycles. The minimum Gasteiger partial charge on any atom is -0.461 e. The number of sulfonamides is 1. The first kappa shape index (κ1) is 22.9. The molecule has 3 heterocycles. The van der Waals surface area contributed by atoms with E-state index in [1.165, 1.54) is 0 Å². The highest BCUT2D eigenvalue weighted by Gasteiger charge is 2.29. The average Bonchev–Trinajstić information content (AvgIpc) is 3.42. The molecule has 0 atom stereocenters. The van der Waals surface area contributed by atoms with Crippen molar-refractivity contribution in [3.63, 3.8) is 0 Å². The van der Waals surface area contributed by atoms with Crippen LogP contribution in [0.5, 0.6) is 0 Å². The zero-order chi connectivity index (χ0) is 22.9. The lowest BCUT2D eigenvalue weighted by molar-refractivity contribution is 0.144. The van der Waals surface area contributed by atoms with Crippen molar-refractivity contribution in [2.24, 2.45) is 0 Å². The molecule has 1 saturated heterocycles. The Hall–Kier alpha value is -2.27. The van der Waals surface area contributed by atoms with E-state index in [2.05, 4.69) is 23.8 Å². The molecule has 1 aliphatic heterocycles. The number of hydrogen-bond donors (Lipinski definition) is 0. The topological polar surface area (TPSA) is 76.5 Å². The second-order valence-electron chi connectivity index (χ2n) is 8.21. The fourth-order valence-electron chi connectivity index (χ4n) is 3.88. The SMILES string of the molecule is CCn1c(-c2ccco2)nn(CN2CCN(S(=O)(=O)c3ccc(C(C)C)cc3)CC2)c1=S. The number of piperazine rings is 1. The monoisotopic (exact) mass is 475 g/mol. The van der Waals surface area contributed by atoms with Gasteiger partial charge in [-0.15, -0.1) is 5.10 Å². The summed E-state index contributed by atoms with van der Waals surface area (Å²) in [6.45, 7) is 9.49. The smallest absolute Gasteiger partial charge is 0.243 e. The molecular formula is C22H29N5O3S2. The predicted molar refractivity (Wildman–Crippen MR) is 125 cm³/mol. The number of nitrogens with zero attached hydrogens (tertiary/aromatic N) is 5. The summed E-state index contributed by atoms with van der Waals surface area (Å²) in [6.07, 6.45) is 1.62. The number of hydrogen-bond acceptors (Lipinski definition) is 6. The van der Waals surface area contributed by atoms with Crippen molar-refractivity contribution in [2.75, 3.05) is 26.2 Å². The van der Waals surface area contributed by atoms with Crippen LogP contribution < -0.4 is 0 Å². The molecule has 3 aromatic rings. The first-order valence-electron chi connectivity index (χ1n) is 10.8.